The Morgan fingerprint density at radius 1 is 0.731 bits per heavy atom. The number of methoxy groups -OCH3 is 2. The van der Waals surface area contributed by atoms with Crippen LogP contribution in [-0.2, 0) is 5.60 Å². The summed E-state index contributed by atoms with van der Waals surface area (Å²) in [5.74, 6) is 1.44. The average Bonchev–Trinajstić information content (AvgIpc) is 2.73. The van der Waals surface area contributed by atoms with Crippen LogP contribution in [0.3, 0.4) is 0 Å². The van der Waals surface area contributed by atoms with E-state index >= 15 is 0 Å². The summed E-state index contributed by atoms with van der Waals surface area (Å²) in [6.45, 7) is 0. The Hall–Kier alpha value is -2.82. The Morgan fingerprint density at radius 2 is 1.15 bits per heavy atom. The number of aliphatic hydroxyl groups is 1. The summed E-state index contributed by atoms with van der Waals surface area (Å²) in [7, 11) is 3.22. The molecule has 0 radical (unpaired) electrons. The molecule has 4 nitrogen and oxygen atoms in total. The molecule has 1 atom stereocenters. The summed E-state index contributed by atoms with van der Waals surface area (Å²) in [6, 6.07) is 23.6. The third kappa shape index (κ3) is 3.29. The fourth-order valence-corrected chi connectivity index (χ4v) is 3.12. The third-order valence-electron chi connectivity index (χ3n) is 4.67. The van der Waals surface area contributed by atoms with Crippen LogP contribution in [0.1, 0.15) is 22.7 Å². The maximum Gasteiger partial charge on any atom is 0.134 e. The SMILES string of the molecule is COc1ccc(C(O)(c2ccc(OC)cc2)[C@H](N)c2ccccc2)cc1. The van der Waals surface area contributed by atoms with Crippen molar-refractivity contribution in [2.24, 2.45) is 5.73 Å². The molecule has 0 aromatic heterocycles. The summed E-state index contributed by atoms with van der Waals surface area (Å²) in [4.78, 5) is 0. The van der Waals surface area contributed by atoms with E-state index in [-0.39, 0.29) is 0 Å². The van der Waals surface area contributed by atoms with Gasteiger partial charge in [0.1, 0.15) is 17.1 Å². The molecule has 0 fully saturated rings. The first-order valence-corrected chi connectivity index (χ1v) is 8.41. The van der Waals surface area contributed by atoms with Crippen LogP contribution in [0, 0.1) is 0 Å². The first kappa shape index (κ1) is 18.0. The highest BCUT2D eigenvalue weighted by Crippen LogP contribution is 2.40. The lowest BCUT2D eigenvalue weighted by molar-refractivity contribution is 0.0511. The molecule has 0 bridgehead atoms. The molecular formula is C22H23NO3. The molecule has 0 heterocycles. The first-order valence-electron chi connectivity index (χ1n) is 8.41. The third-order valence-corrected chi connectivity index (χ3v) is 4.67. The summed E-state index contributed by atoms with van der Waals surface area (Å²) in [5.41, 5.74) is 7.40. The molecule has 26 heavy (non-hydrogen) atoms. The van der Waals surface area contributed by atoms with Crippen LogP contribution in [0.4, 0.5) is 0 Å². The molecule has 3 aromatic carbocycles. The van der Waals surface area contributed by atoms with Crippen LogP contribution in [0.15, 0.2) is 78.9 Å². The van der Waals surface area contributed by atoms with Gasteiger partial charge in [-0.2, -0.15) is 0 Å². The van der Waals surface area contributed by atoms with Crippen molar-refractivity contribution >= 4 is 0 Å². The minimum absolute atomic E-state index is 0.648. The van der Waals surface area contributed by atoms with Crippen LogP contribution in [0.25, 0.3) is 0 Å². The van der Waals surface area contributed by atoms with E-state index in [0.717, 1.165) is 17.1 Å². The van der Waals surface area contributed by atoms with Gasteiger partial charge < -0.3 is 20.3 Å². The minimum atomic E-state index is -1.40. The van der Waals surface area contributed by atoms with Crippen molar-refractivity contribution in [1.29, 1.82) is 0 Å². The highest BCUT2D eigenvalue weighted by Gasteiger charge is 2.39. The van der Waals surface area contributed by atoms with Crippen molar-refractivity contribution in [3.8, 4) is 11.5 Å². The molecule has 0 saturated carbocycles. The Labute approximate surface area is 153 Å². The molecule has 0 amide bonds. The molecule has 0 unspecified atom stereocenters. The average molecular weight is 349 g/mol. The van der Waals surface area contributed by atoms with Gasteiger partial charge in [0.05, 0.1) is 20.3 Å². The molecule has 0 aliphatic heterocycles. The maximum absolute atomic E-state index is 11.8. The zero-order chi connectivity index (χ0) is 18.6. The van der Waals surface area contributed by atoms with Crippen LogP contribution >= 0.6 is 0 Å². The van der Waals surface area contributed by atoms with Gasteiger partial charge in [0.25, 0.3) is 0 Å². The fourth-order valence-electron chi connectivity index (χ4n) is 3.12. The second-order valence-electron chi connectivity index (χ2n) is 6.11. The van der Waals surface area contributed by atoms with Crippen molar-refractivity contribution in [3.63, 3.8) is 0 Å². The molecule has 134 valence electrons. The molecule has 0 aliphatic rings. The van der Waals surface area contributed by atoms with Gasteiger partial charge >= 0.3 is 0 Å². The van der Waals surface area contributed by atoms with E-state index in [2.05, 4.69) is 0 Å². The zero-order valence-electron chi connectivity index (χ0n) is 14.9. The molecular weight excluding hydrogens is 326 g/mol. The molecule has 4 heteroatoms. The second-order valence-corrected chi connectivity index (χ2v) is 6.11. The lowest BCUT2D eigenvalue weighted by Crippen LogP contribution is -2.39. The molecule has 3 N–H and O–H groups in total. The summed E-state index contributed by atoms with van der Waals surface area (Å²) in [6.07, 6.45) is 0. The maximum atomic E-state index is 11.8. The summed E-state index contributed by atoms with van der Waals surface area (Å²) >= 11 is 0. The van der Waals surface area contributed by atoms with Crippen LogP contribution in [-0.4, -0.2) is 19.3 Å². The zero-order valence-corrected chi connectivity index (χ0v) is 14.9. The van der Waals surface area contributed by atoms with Gasteiger partial charge in [0.2, 0.25) is 0 Å². The number of rotatable bonds is 6. The second kappa shape index (κ2) is 7.60. The number of hydrogen-bond acceptors (Lipinski definition) is 4. The standard InChI is InChI=1S/C22H23NO3/c1-25-19-12-8-17(9-13-19)22(24,18-10-14-20(26-2)15-11-18)21(23)16-6-4-3-5-7-16/h3-15,21,24H,23H2,1-2H3/t21-/m1/s1. The highest BCUT2D eigenvalue weighted by atomic mass is 16.5. The monoisotopic (exact) mass is 349 g/mol. The van der Waals surface area contributed by atoms with Gasteiger partial charge in [-0.05, 0) is 41.0 Å². The van der Waals surface area contributed by atoms with Crippen LogP contribution in [0.2, 0.25) is 0 Å². The van der Waals surface area contributed by atoms with Crippen LogP contribution in [0.5, 0.6) is 11.5 Å². The van der Waals surface area contributed by atoms with Gasteiger partial charge in [-0.25, -0.2) is 0 Å². The van der Waals surface area contributed by atoms with Crippen LogP contribution < -0.4 is 15.2 Å². The van der Waals surface area contributed by atoms with E-state index in [9.17, 15) is 5.11 Å². The number of nitrogens with two attached hydrogens (primary N) is 1. The van der Waals surface area contributed by atoms with E-state index in [1.165, 1.54) is 0 Å². The first-order chi connectivity index (χ1) is 12.6. The smallest absolute Gasteiger partial charge is 0.134 e. The van der Waals surface area contributed by atoms with Gasteiger partial charge in [0.15, 0.2) is 0 Å². The van der Waals surface area contributed by atoms with E-state index in [1.54, 1.807) is 14.2 Å². The lowest BCUT2D eigenvalue weighted by atomic mass is 9.78. The van der Waals surface area contributed by atoms with Crippen molar-refractivity contribution in [3.05, 3.63) is 95.6 Å². The van der Waals surface area contributed by atoms with Gasteiger partial charge in [0, 0.05) is 0 Å². The summed E-state index contributed by atoms with van der Waals surface area (Å²) in [5, 5.41) is 11.8. The normalized spacial score (nSPS) is 12.5. The van der Waals surface area contributed by atoms with E-state index in [1.807, 2.05) is 78.9 Å². The van der Waals surface area contributed by atoms with E-state index in [0.29, 0.717) is 11.1 Å². The lowest BCUT2D eigenvalue weighted by Gasteiger charge is -2.35. The minimum Gasteiger partial charge on any atom is -0.497 e. The highest BCUT2D eigenvalue weighted by molar-refractivity contribution is 5.44. The molecule has 0 aliphatic carbocycles. The Kier molecular flexibility index (Phi) is 5.26. The topological polar surface area (TPSA) is 64.7 Å². The van der Waals surface area contributed by atoms with E-state index < -0.39 is 11.6 Å². The Balaban J connectivity index is 2.13. The predicted molar refractivity (Wildman–Crippen MR) is 102 cm³/mol. The van der Waals surface area contributed by atoms with Gasteiger partial charge in [-0.15, -0.1) is 0 Å². The number of benzene rings is 3. The predicted octanol–water partition coefficient (Wildman–Crippen LogP) is 3.64. The van der Waals surface area contributed by atoms with Gasteiger partial charge in [-0.3, -0.25) is 0 Å². The van der Waals surface area contributed by atoms with E-state index in [4.69, 9.17) is 15.2 Å². The molecule has 0 saturated heterocycles. The largest absolute Gasteiger partial charge is 0.497 e. The molecule has 3 aromatic rings. The van der Waals surface area contributed by atoms with Crippen molar-refractivity contribution in [1.82, 2.24) is 0 Å². The molecule has 3 rings (SSSR count). The summed E-state index contributed by atoms with van der Waals surface area (Å²) < 4.78 is 10.5. The quantitative estimate of drug-likeness (QED) is 0.713. The number of ether oxygens (including phenoxy) is 2. The fraction of sp³-hybridized carbons (Fsp3) is 0.182. The van der Waals surface area contributed by atoms with Crippen molar-refractivity contribution in [2.75, 3.05) is 14.2 Å². The number of hydrogen-bond donors (Lipinski definition) is 2. The Morgan fingerprint density at radius 3 is 1.54 bits per heavy atom. The van der Waals surface area contributed by atoms with Crippen molar-refractivity contribution in [2.45, 2.75) is 11.6 Å². The van der Waals surface area contributed by atoms with Crippen molar-refractivity contribution < 1.29 is 14.6 Å². The Bertz CT molecular complexity index is 782. The molecule has 0 spiro atoms. The van der Waals surface area contributed by atoms with Gasteiger partial charge in [-0.1, -0.05) is 54.6 Å².